The van der Waals surface area contributed by atoms with E-state index in [2.05, 4.69) is 24.0 Å². The molecule has 1 N–H and O–H groups in total. The maximum Gasteiger partial charge on any atom is 0.303 e. The van der Waals surface area contributed by atoms with E-state index in [0.717, 1.165) is 13.1 Å². The van der Waals surface area contributed by atoms with Gasteiger partial charge in [-0.05, 0) is 25.5 Å². The minimum absolute atomic E-state index is 0.0993. The van der Waals surface area contributed by atoms with Crippen LogP contribution < -0.4 is 0 Å². The molecule has 0 saturated carbocycles. The fraction of sp³-hybridized carbons (Fsp3) is 0.533. The van der Waals surface area contributed by atoms with Crippen molar-refractivity contribution in [3.63, 3.8) is 0 Å². The molecule has 0 amide bonds. The molecule has 1 aromatic rings. The van der Waals surface area contributed by atoms with E-state index >= 15 is 0 Å². The molecule has 1 saturated heterocycles. The van der Waals surface area contributed by atoms with Crippen molar-refractivity contribution < 1.29 is 14.6 Å². The summed E-state index contributed by atoms with van der Waals surface area (Å²) in [7, 11) is 0. The molecule has 104 valence electrons. The number of carbonyl (C=O) groups is 1. The molecule has 1 aromatic carbocycles. The summed E-state index contributed by atoms with van der Waals surface area (Å²) in [6, 6.07) is 10.6. The Morgan fingerprint density at radius 2 is 2.16 bits per heavy atom. The van der Waals surface area contributed by atoms with Gasteiger partial charge in [-0.1, -0.05) is 30.3 Å². The molecule has 2 atom stereocenters. The van der Waals surface area contributed by atoms with Crippen molar-refractivity contribution in [2.75, 3.05) is 19.7 Å². The molecule has 0 radical (unpaired) electrons. The standard InChI is InChI=1S/C15H21NO3/c1-12-11-19-14(13-6-3-2-4-7-13)10-16(12)9-5-8-15(17)18/h2-4,6-7,12,14H,5,8-11H2,1H3,(H,17,18)/t12-,14+/m0/s1. The Labute approximate surface area is 114 Å². The first-order valence-electron chi connectivity index (χ1n) is 6.79. The van der Waals surface area contributed by atoms with E-state index < -0.39 is 5.97 Å². The SMILES string of the molecule is C[C@H]1CO[C@@H](c2ccccc2)CN1CCCC(=O)O. The van der Waals surface area contributed by atoms with Crippen LogP contribution >= 0.6 is 0 Å². The molecule has 4 nitrogen and oxygen atoms in total. The van der Waals surface area contributed by atoms with Gasteiger partial charge in [-0.25, -0.2) is 0 Å². The number of aliphatic carboxylic acids is 1. The Balaban J connectivity index is 1.90. The van der Waals surface area contributed by atoms with Gasteiger partial charge in [0.05, 0.1) is 12.7 Å². The van der Waals surface area contributed by atoms with E-state index in [9.17, 15) is 4.79 Å². The van der Waals surface area contributed by atoms with Crippen LogP contribution in [0.3, 0.4) is 0 Å². The lowest BCUT2D eigenvalue weighted by Crippen LogP contribution is -2.45. The predicted octanol–water partition coefficient (Wildman–Crippen LogP) is 2.31. The molecule has 1 heterocycles. The first-order valence-corrected chi connectivity index (χ1v) is 6.79. The molecule has 1 fully saturated rings. The molecule has 1 aliphatic rings. The van der Waals surface area contributed by atoms with E-state index in [1.54, 1.807) is 0 Å². The molecule has 19 heavy (non-hydrogen) atoms. The van der Waals surface area contributed by atoms with Crippen molar-refractivity contribution in [1.82, 2.24) is 4.90 Å². The number of rotatable bonds is 5. The lowest BCUT2D eigenvalue weighted by Gasteiger charge is -2.38. The van der Waals surface area contributed by atoms with Crippen molar-refractivity contribution in [2.45, 2.75) is 31.9 Å². The van der Waals surface area contributed by atoms with Gasteiger partial charge in [-0.2, -0.15) is 0 Å². The summed E-state index contributed by atoms with van der Waals surface area (Å²) in [5.41, 5.74) is 1.19. The number of benzene rings is 1. The maximum absolute atomic E-state index is 10.6. The average Bonchev–Trinajstić information content (AvgIpc) is 2.41. The predicted molar refractivity (Wildman–Crippen MR) is 73.0 cm³/mol. The van der Waals surface area contributed by atoms with E-state index in [0.29, 0.717) is 19.1 Å². The van der Waals surface area contributed by atoms with E-state index in [1.165, 1.54) is 5.56 Å². The molecule has 4 heteroatoms. The molecule has 0 aliphatic carbocycles. The van der Waals surface area contributed by atoms with Crippen LogP contribution in [0.1, 0.15) is 31.4 Å². The summed E-state index contributed by atoms with van der Waals surface area (Å²) in [6.07, 6.45) is 1.03. The number of carboxylic acid groups (broad SMARTS) is 1. The van der Waals surface area contributed by atoms with Gasteiger partial charge in [0.1, 0.15) is 0 Å². The fourth-order valence-electron chi connectivity index (χ4n) is 2.42. The number of hydrogen-bond donors (Lipinski definition) is 1. The summed E-state index contributed by atoms with van der Waals surface area (Å²) >= 11 is 0. The second-order valence-electron chi connectivity index (χ2n) is 5.07. The first-order chi connectivity index (χ1) is 9.16. The highest BCUT2D eigenvalue weighted by Gasteiger charge is 2.26. The molecule has 0 spiro atoms. The Bertz CT molecular complexity index is 407. The average molecular weight is 263 g/mol. The van der Waals surface area contributed by atoms with Crippen LogP contribution in [-0.2, 0) is 9.53 Å². The summed E-state index contributed by atoms with van der Waals surface area (Å²) in [4.78, 5) is 12.9. The second-order valence-corrected chi connectivity index (χ2v) is 5.07. The van der Waals surface area contributed by atoms with Crippen LogP contribution in [0.5, 0.6) is 0 Å². The normalized spacial score (nSPS) is 24.3. The van der Waals surface area contributed by atoms with Crippen molar-refractivity contribution in [3.8, 4) is 0 Å². The third-order valence-electron chi connectivity index (χ3n) is 3.57. The van der Waals surface area contributed by atoms with Crippen LogP contribution in [0.2, 0.25) is 0 Å². The molecule has 2 rings (SSSR count). The lowest BCUT2D eigenvalue weighted by atomic mass is 10.1. The molecule has 0 bridgehead atoms. The topological polar surface area (TPSA) is 49.8 Å². The molecule has 0 aromatic heterocycles. The largest absolute Gasteiger partial charge is 0.481 e. The van der Waals surface area contributed by atoms with Gasteiger partial charge in [0, 0.05) is 19.0 Å². The quantitative estimate of drug-likeness (QED) is 0.885. The van der Waals surface area contributed by atoms with Crippen molar-refractivity contribution >= 4 is 5.97 Å². The highest BCUT2D eigenvalue weighted by molar-refractivity contribution is 5.66. The third kappa shape index (κ3) is 4.04. The minimum Gasteiger partial charge on any atom is -0.481 e. The van der Waals surface area contributed by atoms with Crippen LogP contribution in [-0.4, -0.2) is 41.7 Å². The van der Waals surface area contributed by atoms with Crippen LogP contribution in [0, 0.1) is 0 Å². The van der Waals surface area contributed by atoms with Crippen molar-refractivity contribution in [1.29, 1.82) is 0 Å². The van der Waals surface area contributed by atoms with E-state index in [1.807, 2.05) is 18.2 Å². The molecular formula is C15H21NO3. The molecule has 0 unspecified atom stereocenters. The fourth-order valence-corrected chi connectivity index (χ4v) is 2.42. The summed E-state index contributed by atoms with van der Waals surface area (Å²) in [5, 5.41) is 8.70. The number of carboxylic acids is 1. The second kappa shape index (κ2) is 6.68. The third-order valence-corrected chi connectivity index (χ3v) is 3.57. The highest BCUT2D eigenvalue weighted by Crippen LogP contribution is 2.24. The zero-order valence-corrected chi connectivity index (χ0v) is 11.3. The van der Waals surface area contributed by atoms with Crippen molar-refractivity contribution in [2.24, 2.45) is 0 Å². The Kier molecular flexibility index (Phi) is 4.93. The van der Waals surface area contributed by atoms with Crippen molar-refractivity contribution in [3.05, 3.63) is 35.9 Å². The van der Waals surface area contributed by atoms with Gasteiger partial charge in [0.2, 0.25) is 0 Å². The number of morpholine rings is 1. The smallest absolute Gasteiger partial charge is 0.303 e. The first kappa shape index (κ1) is 14.0. The number of nitrogens with zero attached hydrogens (tertiary/aromatic N) is 1. The Morgan fingerprint density at radius 1 is 1.42 bits per heavy atom. The summed E-state index contributed by atoms with van der Waals surface area (Å²) in [5.74, 6) is -0.722. The monoisotopic (exact) mass is 263 g/mol. The minimum atomic E-state index is -0.722. The summed E-state index contributed by atoms with van der Waals surface area (Å²) in [6.45, 7) is 4.49. The van der Waals surface area contributed by atoms with Gasteiger partial charge < -0.3 is 9.84 Å². The summed E-state index contributed by atoms with van der Waals surface area (Å²) < 4.78 is 5.88. The Hall–Kier alpha value is -1.39. The van der Waals surface area contributed by atoms with Gasteiger partial charge in [-0.3, -0.25) is 9.69 Å². The van der Waals surface area contributed by atoms with Crippen LogP contribution in [0.15, 0.2) is 30.3 Å². The Morgan fingerprint density at radius 3 is 2.84 bits per heavy atom. The number of hydrogen-bond acceptors (Lipinski definition) is 3. The van der Waals surface area contributed by atoms with E-state index in [4.69, 9.17) is 9.84 Å². The lowest BCUT2D eigenvalue weighted by molar-refractivity contribution is -0.137. The van der Waals surface area contributed by atoms with Crippen LogP contribution in [0.4, 0.5) is 0 Å². The maximum atomic E-state index is 10.6. The zero-order valence-electron chi connectivity index (χ0n) is 11.3. The van der Waals surface area contributed by atoms with Gasteiger partial charge in [0.15, 0.2) is 0 Å². The molecular weight excluding hydrogens is 242 g/mol. The molecule has 1 aliphatic heterocycles. The number of ether oxygens (including phenoxy) is 1. The van der Waals surface area contributed by atoms with E-state index in [-0.39, 0.29) is 12.5 Å². The van der Waals surface area contributed by atoms with Crippen LogP contribution in [0.25, 0.3) is 0 Å². The van der Waals surface area contributed by atoms with Gasteiger partial charge >= 0.3 is 5.97 Å². The zero-order chi connectivity index (χ0) is 13.7. The van der Waals surface area contributed by atoms with Gasteiger partial charge in [0.25, 0.3) is 0 Å². The highest BCUT2D eigenvalue weighted by atomic mass is 16.5. The van der Waals surface area contributed by atoms with Gasteiger partial charge in [-0.15, -0.1) is 0 Å².